The van der Waals surface area contributed by atoms with Gasteiger partial charge in [0, 0.05) is 0 Å². The number of rotatable bonds is 3. The minimum atomic E-state index is -1.52. The van der Waals surface area contributed by atoms with Crippen molar-refractivity contribution in [1.82, 2.24) is 0 Å². The predicted molar refractivity (Wildman–Crippen MR) is 56.6 cm³/mol. The topological polar surface area (TPSA) is 149 Å². The van der Waals surface area contributed by atoms with Crippen LogP contribution in [0.1, 0.15) is 0 Å². The summed E-state index contributed by atoms with van der Waals surface area (Å²) in [5, 5.41) is 56.7. The molecule has 2 rings (SSSR count). The lowest BCUT2D eigenvalue weighted by Crippen LogP contribution is -2.56. The van der Waals surface area contributed by atoms with Crippen molar-refractivity contribution in [2.24, 2.45) is 0 Å². The number of hydrogen-bond acceptors (Lipinski definition) is 9. The zero-order valence-electron chi connectivity index (χ0n) is 9.94. The van der Waals surface area contributed by atoms with Gasteiger partial charge in [0.25, 0.3) is 0 Å². The van der Waals surface area contributed by atoms with Gasteiger partial charge in [-0.3, -0.25) is 0 Å². The number of hydrogen-bond donors (Lipinski definition) is 6. The van der Waals surface area contributed by atoms with Crippen molar-refractivity contribution in [2.45, 2.75) is 49.2 Å². The molecule has 0 aliphatic carbocycles. The molecule has 2 saturated heterocycles. The fourth-order valence-corrected chi connectivity index (χ4v) is 2.08. The van der Waals surface area contributed by atoms with Crippen LogP contribution in [-0.2, 0) is 14.2 Å². The van der Waals surface area contributed by atoms with Gasteiger partial charge in [0.1, 0.15) is 36.6 Å². The van der Waals surface area contributed by atoms with Gasteiger partial charge in [0.15, 0.2) is 12.6 Å². The van der Waals surface area contributed by atoms with Crippen molar-refractivity contribution < 1.29 is 44.8 Å². The molecule has 19 heavy (non-hydrogen) atoms. The van der Waals surface area contributed by atoms with Gasteiger partial charge >= 0.3 is 0 Å². The molecular weight excluding hydrogens is 264 g/mol. The Kier molecular flexibility index (Phi) is 4.71. The van der Waals surface area contributed by atoms with Gasteiger partial charge in [-0.2, -0.15) is 0 Å². The lowest BCUT2D eigenvalue weighted by molar-refractivity contribution is -0.298. The molecule has 0 aromatic carbocycles. The number of aliphatic hydroxyl groups is 6. The summed E-state index contributed by atoms with van der Waals surface area (Å²) < 4.78 is 14.9. The van der Waals surface area contributed by atoms with Crippen LogP contribution in [-0.4, -0.2) is 93.1 Å². The molecule has 0 saturated carbocycles. The third kappa shape index (κ3) is 2.89. The van der Waals surface area contributed by atoms with Crippen molar-refractivity contribution in [2.75, 3.05) is 13.2 Å². The van der Waals surface area contributed by atoms with Crippen molar-refractivity contribution in [1.29, 1.82) is 0 Å². The summed E-state index contributed by atoms with van der Waals surface area (Å²) in [6.45, 7) is -0.767. The van der Waals surface area contributed by atoms with E-state index in [2.05, 4.69) is 4.74 Å². The molecule has 0 aromatic rings. The molecule has 2 aliphatic heterocycles. The molecule has 6 N–H and O–H groups in total. The van der Waals surface area contributed by atoms with E-state index in [0.29, 0.717) is 0 Å². The van der Waals surface area contributed by atoms with E-state index >= 15 is 0 Å². The Morgan fingerprint density at radius 1 is 1.00 bits per heavy atom. The Morgan fingerprint density at radius 3 is 2.26 bits per heavy atom. The molecule has 9 nitrogen and oxygen atoms in total. The van der Waals surface area contributed by atoms with Crippen LogP contribution >= 0.6 is 0 Å². The Labute approximate surface area is 108 Å². The molecule has 0 radical (unpaired) electrons. The molecule has 112 valence electrons. The molecule has 2 heterocycles. The van der Waals surface area contributed by atoms with Crippen LogP contribution in [0.5, 0.6) is 0 Å². The third-order valence-corrected chi connectivity index (χ3v) is 3.24. The van der Waals surface area contributed by atoms with E-state index in [1.165, 1.54) is 0 Å². The van der Waals surface area contributed by atoms with Crippen LogP contribution in [0.4, 0.5) is 0 Å². The van der Waals surface area contributed by atoms with Crippen molar-refractivity contribution in [3.05, 3.63) is 0 Å². The molecular formula is C10H18O9. The summed E-state index contributed by atoms with van der Waals surface area (Å²) >= 11 is 0. The molecule has 0 unspecified atom stereocenters. The van der Waals surface area contributed by atoms with Crippen LogP contribution < -0.4 is 0 Å². The highest BCUT2D eigenvalue weighted by atomic mass is 16.7. The third-order valence-electron chi connectivity index (χ3n) is 3.24. The Hall–Kier alpha value is -0.360. The maximum absolute atomic E-state index is 9.66. The monoisotopic (exact) mass is 282 g/mol. The first kappa shape index (κ1) is 15.0. The molecule has 2 aliphatic rings. The van der Waals surface area contributed by atoms with Gasteiger partial charge in [-0.05, 0) is 0 Å². The molecule has 0 bridgehead atoms. The van der Waals surface area contributed by atoms with Crippen molar-refractivity contribution in [3.8, 4) is 0 Å². The second kappa shape index (κ2) is 5.95. The summed E-state index contributed by atoms with van der Waals surface area (Å²) in [6, 6.07) is 0. The van der Waals surface area contributed by atoms with E-state index in [1.54, 1.807) is 0 Å². The second-order valence-electron chi connectivity index (χ2n) is 4.59. The van der Waals surface area contributed by atoms with Gasteiger partial charge < -0.3 is 44.8 Å². The van der Waals surface area contributed by atoms with Crippen LogP contribution in [0, 0.1) is 0 Å². The molecule has 9 heteroatoms. The highest BCUT2D eigenvalue weighted by Gasteiger charge is 2.47. The minimum Gasteiger partial charge on any atom is -0.394 e. The van der Waals surface area contributed by atoms with E-state index in [-0.39, 0.29) is 6.61 Å². The van der Waals surface area contributed by atoms with Crippen LogP contribution in [0.3, 0.4) is 0 Å². The lowest BCUT2D eigenvalue weighted by atomic mass is 10.0. The molecule has 0 aromatic heterocycles. The van der Waals surface area contributed by atoms with Gasteiger partial charge in [-0.25, -0.2) is 0 Å². The summed E-state index contributed by atoms with van der Waals surface area (Å²) in [6.07, 6.45) is -10.6. The summed E-state index contributed by atoms with van der Waals surface area (Å²) in [7, 11) is 0. The number of ether oxygens (including phenoxy) is 3. The summed E-state index contributed by atoms with van der Waals surface area (Å²) in [5.74, 6) is 0. The normalized spacial score (nSPS) is 51.5. The fourth-order valence-electron chi connectivity index (χ4n) is 2.08. The van der Waals surface area contributed by atoms with Crippen LogP contribution in [0.2, 0.25) is 0 Å². The first-order valence-corrected chi connectivity index (χ1v) is 5.89. The van der Waals surface area contributed by atoms with E-state index in [1.807, 2.05) is 0 Å². The quantitative estimate of drug-likeness (QED) is 0.303. The smallest absolute Gasteiger partial charge is 0.187 e. The van der Waals surface area contributed by atoms with Gasteiger partial charge in [-0.1, -0.05) is 0 Å². The average molecular weight is 282 g/mol. The minimum absolute atomic E-state index is 0.252. The van der Waals surface area contributed by atoms with E-state index in [4.69, 9.17) is 14.6 Å². The lowest BCUT2D eigenvalue weighted by Gasteiger charge is -2.36. The largest absolute Gasteiger partial charge is 0.394 e. The zero-order chi connectivity index (χ0) is 14.2. The first-order chi connectivity index (χ1) is 8.95. The zero-order valence-corrected chi connectivity index (χ0v) is 9.94. The Balaban J connectivity index is 2.00. The van der Waals surface area contributed by atoms with Crippen LogP contribution in [0.15, 0.2) is 0 Å². The highest BCUT2D eigenvalue weighted by molar-refractivity contribution is 4.90. The van der Waals surface area contributed by atoms with Gasteiger partial charge in [0.2, 0.25) is 0 Å². The van der Waals surface area contributed by atoms with Gasteiger partial charge in [-0.15, -0.1) is 0 Å². The fraction of sp³-hybridized carbons (Fsp3) is 1.00. The van der Waals surface area contributed by atoms with E-state index in [9.17, 15) is 25.5 Å². The van der Waals surface area contributed by atoms with Gasteiger partial charge in [0.05, 0.1) is 13.2 Å². The SMILES string of the molecule is OC[C@@H]1O[C@@H](O[C@@H]2[C@@H](O)[C@H](O)OC[C@H]2O)[C@H](O)[C@H]1O. The molecule has 8 atom stereocenters. The molecule has 0 amide bonds. The number of aliphatic hydroxyl groups excluding tert-OH is 6. The first-order valence-electron chi connectivity index (χ1n) is 5.89. The second-order valence-corrected chi connectivity index (χ2v) is 4.59. The summed E-state index contributed by atoms with van der Waals surface area (Å²) in [4.78, 5) is 0. The van der Waals surface area contributed by atoms with E-state index in [0.717, 1.165) is 0 Å². The highest BCUT2D eigenvalue weighted by Crippen LogP contribution is 2.26. The predicted octanol–water partition coefficient (Wildman–Crippen LogP) is -4.12. The standard InChI is InChI=1S/C10H18O9/c11-1-4-5(13)6(14)10(18-4)19-8-3(12)2-17-9(16)7(8)15/h3-16H,1-2H2/t3-,4+,5+,6-,7-,8+,9-,10+/m1/s1. The summed E-state index contributed by atoms with van der Waals surface area (Å²) in [5.41, 5.74) is 0. The molecule has 0 spiro atoms. The van der Waals surface area contributed by atoms with E-state index < -0.39 is 55.8 Å². The maximum Gasteiger partial charge on any atom is 0.187 e. The Bertz CT molecular complexity index is 301. The average Bonchev–Trinajstić information content (AvgIpc) is 2.66. The van der Waals surface area contributed by atoms with Crippen molar-refractivity contribution >= 4 is 0 Å². The van der Waals surface area contributed by atoms with Crippen LogP contribution in [0.25, 0.3) is 0 Å². The Morgan fingerprint density at radius 2 is 1.68 bits per heavy atom. The molecule has 2 fully saturated rings. The maximum atomic E-state index is 9.66. The van der Waals surface area contributed by atoms with Crippen molar-refractivity contribution in [3.63, 3.8) is 0 Å².